The van der Waals surface area contributed by atoms with Gasteiger partial charge >= 0.3 is 6.09 Å². The van der Waals surface area contributed by atoms with Gasteiger partial charge in [-0.3, -0.25) is 0 Å². The molecule has 0 N–H and O–H groups in total. The Morgan fingerprint density at radius 3 is 2.52 bits per heavy atom. The van der Waals surface area contributed by atoms with Crippen molar-refractivity contribution < 1.29 is 14.3 Å². The lowest BCUT2D eigenvalue weighted by Gasteiger charge is -2.29. The number of ether oxygens (including phenoxy) is 2. The van der Waals surface area contributed by atoms with Crippen molar-refractivity contribution in [3.63, 3.8) is 0 Å². The fraction of sp³-hybridized carbons (Fsp3) is 0.364. The summed E-state index contributed by atoms with van der Waals surface area (Å²) >= 11 is 0. The number of hydrogen-bond acceptors (Lipinski definition) is 4. The summed E-state index contributed by atoms with van der Waals surface area (Å²) in [6.07, 6.45) is 4.41. The second-order valence-corrected chi connectivity index (χ2v) is 7.57. The Morgan fingerprint density at radius 2 is 1.93 bits per heavy atom. The molecule has 0 saturated carbocycles. The molecule has 142 valence electrons. The first-order valence-electron chi connectivity index (χ1n) is 9.21. The topological polar surface area (TPSA) is 51.7 Å². The van der Waals surface area contributed by atoms with Crippen molar-refractivity contribution in [2.75, 3.05) is 13.1 Å². The molecule has 5 nitrogen and oxygen atoms in total. The van der Waals surface area contributed by atoms with Gasteiger partial charge in [-0.05, 0) is 50.0 Å². The summed E-state index contributed by atoms with van der Waals surface area (Å²) < 4.78 is 11.2. The van der Waals surface area contributed by atoms with Gasteiger partial charge in [-0.15, -0.1) is 0 Å². The third-order valence-corrected chi connectivity index (χ3v) is 4.20. The fourth-order valence-electron chi connectivity index (χ4n) is 2.81. The van der Waals surface area contributed by atoms with Gasteiger partial charge in [-0.25, -0.2) is 9.78 Å². The molecule has 0 radical (unpaired) electrons. The molecule has 0 fully saturated rings. The van der Waals surface area contributed by atoms with Crippen LogP contribution in [0.5, 0.6) is 5.88 Å². The molecule has 1 aliphatic rings. The van der Waals surface area contributed by atoms with Crippen LogP contribution in [0, 0.1) is 0 Å². The van der Waals surface area contributed by atoms with Crippen LogP contribution in [-0.2, 0) is 11.3 Å². The van der Waals surface area contributed by atoms with Crippen molar-refractivity contribution in [2.45, 2.75) is 39.4 Å². The molecular formula is C22H26N2O3. The minimum absolute atomic E-state index is 0.263. The van der Waals surface area contributed by atoms with E-state index < -0.39 is 5.60 Å². The van der Waals surface area contributed by atoms with Gasteiger partial charge in [-0.1, -0.05) is 36.4 Å². The zero-order valence-electron chi connectivity index (χ0n) is 16.1. The van der Waals surface area contributed by atoms with Crippen LogP contribution >= 0.6 is 0 Å². The summed E-state index contributed by atoms with van der Waals surface area (Å²) in [7, 11) is 0. The molecule has 3 rings (SSSR count). The molecular weight excluding hydrogens is 340 g/mol. The van der Waals surface area contributed by atoms with Gasteiger partial charge in [0.25, 0.3) is 0 Å². The highest BCUT2D eigenvalue weighted by molar-refractivity contribution is 5.72. The van der Waals surface area contributed by atoms with Crippen LogP contribution in [0.25, 0.3) is 5.57 Å². The van der Waals surface area contributed by atoms with Crippen LogP contribution < -0.4 is 4.74 Å². The number of hydrogen-bond donors (Lipinski definition) is 0. The standard InChI is InChI=1S/C22H26N2O3/c1-22(2,3)27-21(25)24-13-11-18(12-14-24)19-9-10-20(23-15-19)26-16-17-7-5-4-6-8-17/h4-11,15H,12-14,16H2,1-3H3. The van der Waals surface area contributed by atoms with Gasteiger partial charge in [0.05, 0.1) is 0 Å². The second kappa shape index (κ2) is 8.25. The first-order valence-corrected chi connectivity index (χ1v) is 9.21. The van der Waals surface area contributed by atoms with Crippen molar-refractivity contribution >= 4 is 11.7 Å². The van der Waals surface area contributed by atoms with Crippen LogP contribution in [0.15, 0.2) is 54.7 Å². The number of aromatic nitrogens is 1. The van der Waals surface area contributed by atoms with Crippen LogP contribution in [0.3, 0.4) is 0 Å². The minimum atomic E-state index is -0.472. The Morgan fingerprint density at radius 1 is 1.15 bits per heavy atom. The summed E-state index contributed by atoms with van der Waals surface area (Å²) in [4.78, 5) is 18.3. The highest BCUT2D eigenvalue weighted by Gasteiger charge is 2.23. The van der Waals surface area contributed by atoms with E-state index in [-0.39, 0.29) is 6.09 Å². The number of rotatable bonds is 4. The summed E-state index contributed by atoms with van der Waals surface area (Å²) in [5.41, 5.74) is 2.89. The molecule has 0 saturated heterocycles. The van der Waals surface area contributed by atoms with Crippen molar-refractivity contribution in [1.29, 1.82) is 0 Å². The van der Waals surface area contributed by atoms with E-state index in [0.29, 0.717) is 25.6 Å². The number of carbonyl (C=O) groups is 1. The lowest BCUT2D eigenvalue weighted by molar-refractivity contribution is 0.0270. The average Bonchev–Trinajstić information content (AvgIpc) is 2.66. The lowest BCUT2D eigenvalue weighted by Crippen LogP contribution is -2.39. The number of pyridine rings is 1. The van der Waals surface area contributed by atoms with Gasteiger partial charge in [0, 0.05) is 25.4 Å². The first kappa shape index (κ1) is 19.0. The molecule has 2 heterocycles. The Bertz CT molecular complexity index is 793. The van der Waals surface area contributed by atoms with E-state index >= 15 is 0 Å². The predicted octanol–water partition coefficient (Wildman–Crippen LogP) is 4.68. The van der Waals surface area contributed by atoms with E-state index in [0.717, 1.165) is 17.5 Å². The minimum Gasteiger partial charge on any atom is -0.473 e. The van der Waals surface area contributed by atoms with E-state index in [2.05, 4.69) is 11.1 Å². The highest BCUT2D eigenvalue weighted by Crippen LogP contribution is 2.24. The molecule has 1 amide bonds. The van der Waals surface area contributed by atoms with Crippen molar-refractivity contribution in [2.24, 2.45) is 0 Å². The molecule has 2 aromatic rings. The smallest absolute Gasteiger partial charge is 0.410 e. The molecule has 1 aliphatic heterocycles. The molecule has 0 atom stereocenters. The van der Waals surface area contributed by atoms with Crippen LogP contribution in [-0.4, -0.2) is 34.7 Å². The average molecular weight is 366 g/mol. The number of nitrogens with zero attached hydrogens (tertiary/aromatic N) is 2. The van der Waals surface area contributed by atoms with Crippen LogP contribution in [0.1, 0.15) is 38.3 Å². The van der Waals surface area contributed by atoms with Crippen molar-refractivity contribution in [3.8, 4) is 5.88 Å². The summed E-state index contributed by atoms with van der Waals surface area (Å²) in [6, 6.07) is 13.9. The van der Waals surface area contributed by atoms with Crippen LogP contribution in [0.2, 0.25) is 0 Å². The zero-order chi connectivity index (χ0) is 19.3. The van der Waals surface area contributed by atoms with E-state index in [9.17, 15) is 4.79 Å². The lowest BCUT2D eigenvalue weighted by atomic mass is 10.0. The molecule has 0 spiro atoms. The largest absolute Gasteiger partial charge is 0.473 e. The van der Waals surface area contributed by atoms with Gasteiger partial charge in [0.2, 0.25) is 5.88 Å². The summed E-state index contributed by atoms with van der Waals surface area (Å²) in [5, 5.41) is 0. The van der Waals surface area contributed by atoms with Crippen molar-refractivity contribution in [3.05, 3.63) is 65.9 Å². The summed E-state index contributed by atoms with van der Waals surface area (Å²) in [5.74, 6) is 0.606. The Balaban J connectivity index is 1.55. The molecule has 1 aromatic heterocycles. The zero-order valence-corrected chi connectivity index (χ0v) is 16.1. The monoisotopic (exact) mass is 366 g/mol. The normalized spacial score (nSPS) is 14.5. The highest BCUT2D eigenvalue weighted by atomic mass is 16.6. The molecule has 1 aromatic carbocycles. The first-order chi connectivity index (χ1) is 12.9. The molecule has 0 unspecified atom stereocenters. The van der Waals surface area contributed by atoms with E-state index in [1.807, 2.05) is 69.4 Å². The summed E-state index contributed by atoms with van der Waals surface area (Å²) in [6.45, 7) is 7.33. The maximum Gasteiger partial charge on any atom is 0.410 e. The Kier molecular flexibility index (Phi) is 5.79. The van der Waals surface area contributed by atoms with Crippen molar-refractivity contribution in [1.82, 2.24) is 9.88 Å². The van der Waals surface area contributed by atoms with E-state index in [4.69, 9.17) is 9.47 Å². The Hall–Kier alpha value is -2.82. The maximum atomic E-state index is 12.1. The second-order valence-electron chi connectivity index (χ2n) is 7.57. The number of benzene rings is 1. The molecule has 0 aliphatic carbocycles. The third-order valence-electron chi connectivity index (χ3n) is 4.20. The molecule has 27 heavy (non-hydrogen) atoms. The van der Waals surface area contributed by atoms with Gasteiger partial charge in [0.15, 0.2) is 0 Å². The van der Waals surface area contributed by atoms with E-state index in [1.54, 1.807) is 4.90 Å². The quantitative estimate of drug-likeness (QED) is 0.788. The number of amides is 1. The van der Waals surface area contributed by atoms with Gasteiger partial charge < -0.3 is 14.4 Å². The van der Waals surface area contributed by atoms with Crippen LogP contribution in [0.4, 0.5) is 4.79 Å². The maximum absolute atomic E-state index is 12.1. The SMILES string of the molecule is CC(C)(C)OC(=O)N1CC=C(c2ccc(OCc3ccccc3)nc2)CC1. The third kappa shape index (κ3) is 5.58. The molecule has 0 bridgehead atoms. The molecule has 5 heteroatoms. The predicted molar refractivity (Wildman–Crippen MR) is 105 cm³/mol. The fourth-order valence-corrected chi connectivity index (χ4v) is 2.81. The number of carbonyl (C=O) groups excluding carboxylic acids is 1. The van der Waals surface area contributed by atoms with Gasteiger partial charge in [-0.2, -0.15) is 0 Å². The van der Waals surface area contributed by atoms with Gasteiger partial charge in [0.1, 0.15) is 12.2 Å². The Labute approximate surface area is 160 Å². The van der Waals surface area contributed by atoms with E-state index in [1.165, 1.54) is 5.57 Å².